The minimum absolute atomic E-state index is 0.184. The summed E-state index contributed by atoms with van der Waals surface area (Å²) < 4.78 is 2.37. The number of carbonyl (C=O) groups excluding carboxylic acids is 1. The van der Waals surface area contributed by atoms with Crippen molar-refractivity contribution in [2.75, 3.05) is 5.32 Å². The largest absolute Gasteiger partial charge is 0.291 e. The summed E-state index contributed by atoms with van der Waals surface area (Å²) in [7, 11) is 1.74. The Kier molecular flexibility index (Phi) is 3.30. The Hall–Kier alpha value is -1.21. The summed E-state index contributed by atoms with van der Waals surface area (Å²) in [4.78, 5) is 17.2. The molecule has 0 radical (unpaired) electrons. The zero-order valence-corrected chi connectivity index (χ0v) is 12.0. The molecule has 2 heterocycles. The molecule has 2 aromatic rings. The van der Waals surface area contributed by atoms with Gasteiger partial charge >= 0.3 is 0 Å². The molecule has 0 saturated heterocycles. The maximum absolute atomic E-state index is 12.0. The van der Waals surface area contributed by atoms with Gasteiger partial charge in [0.2, 0.25) is 5.95 Å². The van der Waals surface area contributed by atoms with E-state index in [4.69, 9.17) is 0 Å². The molecule has 0 fully saturated rings. The molecule has 0 bridgehead atoms. The number of thiophene rings is 1. The van der Waals surface area contributed by atoms with E-state index in [0.29, 0.717) is 17.3 Å². The number of carbonyl (C=O) groups is 1. The minimum atomic E-state index is -0.184. The minimum Gasteiger partial charge on any atom is -0.291 e. The Balaban J connectivity index is 2.22. The molecule has 2 aromatic heterocycles. The fraction of sp³-hybridized carbons (Fsp3) is 0.300. The predicted octanol–water partition coefficient (Wildman–Crippen LogP) is 2.51. The van der Waals surface area contributed by atoms with E-state index in [1.54, 1.807) is 18.7 Å². The topological polar surface area (TPSA) is 59.8 Å². The highest BCUT2D eigenvalue weighted by atomic mass is 79.9. The molecule has 2 rings (SSSR count). The lowest BCUT2D eigenvalue weighted by Gasteiger charge is -2.02. The summed E-state index contributed by atoms with van der Waals surface area (Å²) in [5.74, 6) is 0.892. The third-order valence-corrected chi connectivity index (χ3v) is 3.90. The number of nitrogens with one attached hydrogen (secondary N) is 1. The van der Waals surface area contributed by atoms with E-state index < -0.39 is 0 Å². The van der Waals surface area contributed by atoms with Gasteiger partial charge in [-0.2, -0.15) is 10.1 Å². The van der Waals surface area contributed by atoms with Crippen molar-refractivity contribution < 1.29 is 4.79 Å². The van der Waals surface area contributed by atoms with Crippen LogP contribution in [0, 0.1) is 13.8 Å². The number of anilines is 1. The van der Waals surface area contributed by atoms with Gasteiger partial charge in [-0.15, -0.1) is 11.3 Å². The fourth-order valence-electron chi connectivity index (χ4n) is 1.43. The Morgan fingerprint density at radius 1 is 1.53 bits per heavy atom. The van der Waals surface area contributed by atoms with E-state index in [1.165, 1.54) is 11.3 Å². The zero-order valence-electron chi connectivity index (χ0n) is 9.61. The number of halogens is 1. The van der Waals surface area contributed by atoms with Crippen LogP contribution >= 0.6 is 27.3 Å². The van der Waals surface area contributed by atoms with Gasteiger partial charge in [-0.1, -0.05) is 0 Å². The van der Waals surface area contributed by atoms with Gasteiger partial charge in [0.1, 0.15) is 5.82 Å². The summed E-state index contributed by atoms with van der Waals surface area (Å²) in [6.45, 7) is 3.74. The van der Waals surface area contributed by atoms with Crippen molar-refractivity contribution in [3.8, 4) is 0 Å². The lowest BCUT2D eigenvalue weighted by atomic mass is 10.3. The predicted molar refractivity (Wildman–Crippen MR) is 70.4 cm³/mol. The van der Waals surface area contributed by atoms with E-state index >= 15 is 0 Å². The molecule has 5 nitrogen and oxygen atoms in total. The second-order valence-electron chi connectivity index (χ2n) is 3.60. The van der Waals surface area contributed by atoms with E-state index in [0.717, 1.165) is 8.66 Å². The quantitative estimate of drug-likeness (QED) is 0.926. The van der Waals surface area contributed by atoms with Gasteiger partial charge in [-0.25, -0.2) is 4.68 Å². The molecule has 0 aliphatic rings. The SMILES string of the molecule is Cc1nc(NC(=O)c2cc(C)sc2Br)n(C)n1. The number of rotatable bonds is 2. The Morgan fingerprint density at radius 2 is 2.24 bits per heavy atom. The van der Waals surface area contributed by atoms with Crippen LogP contribution in [0.4, 0.5) is 5.95 Å². The summed E-state index contributed by atoms with van der Waals surface area (Å²) in [6.07, 6.45) is 0. The number of hydrogen-bond donors (Lipinski definition) is 1. The second-order valence-corrected chi connectivity index (χ2v) is 6.18. The highest BCUT2D eigenvalue weighted by Gasteiger charge is 2.15. The molecule has 0 spiro atoms. The van der Waals surface area contributed by atoms with Gasteiger partial charge in [-0.05, 0) is 35.8 Å². The van der Waals surface area contributed by atoms with Crippen LogP contribution < -0.4 is 5.32 Å². The average Bonchev–Trinajstić information content (AvgIpc) is 2.70. The third-order valence-electron chi connectivity index (χ3n) is 2.15. The molecule has 0 aliphatic heterocycles. The number of aryl methyl sites for hydroxylation is 3. The number of aromatic nitrogens is 3. The summed E-state index contributed by atoms with van der Waals surface area (Å²) in [5, 5.41) is 6.80. The molecule has 0 aliphatic carbocycles. The molecule has 1 amide bonds. The maximum atomic E-state index is 12.0. The van der Waals surface area contributed by atoms with Gasteiger partial charge in [-0.3, -0.25) is 10.1 Å². The van der Waals surface area contributed by atoms with Crippen molar-refractivity contribution >= 4 is 39.1 Å². The number of nitrogens with zero attached hydrogens (tertiary/aromatic N) is 3. The van der Waals surface area contributed by atoms with Crippen molar-refractivity contribution in [2.24, 2.45) is 7.05 Å². The standard InChI is InChI=1S/C10H11BrN4OS/c1-5-4-7(8(11)17-5)9(16)13-10-12-6(2)14-15(10)3/h4H,1-3H3,(H,12,13,14,16). The van der Waals surface area contributed by atoms with Crippen LogP contribution in [0.2, 0.25) is 0 Å². The average molecular weight is 315 g/mol. The van der Waals surface area contributed by atoms with Crippen LogP contribution in [0.1, 0.15) is 21.1 Å². The fourth-order valence-corrected chi connectivity index (χ4v) is 3.21. The highest BCUT2D eigenvalue weighted by Crippen LogP contribution is 2.27. The Bertz CT molecular complexity index is 575. The van der Waals surface area contributed by atoms with Gasteiger partial charge < -0.3 is 0 Å². The van der Waals surface area contributed by atoms with Crippen molar-refractivity contribution in [3.63, 3.8) is 0 Å². The van der Waals surface area contributed by atoms with Crippen LogP contribution in [-0.4, -0.2) is 20.7 Å². The first-order valence-electron chi connectivity index (χ1n) is 4.92. The molecule has 0 aromatic carbocycles. The van der Waals surface area contributed by atoms with Gasteiger partial charge in [0.05, 0.1) is 9.35 Å². The number of amides is 1. The lowest BCUT2D eigenvalue weighted by Crippen LogP contribution is -2.15. The highest BCUT2D eigenvalue weighted by molar-refractivity contribution is 9.11. The third kappa shape index (κ3) is 2.55. The van der Waals surface area contributed by atoms with Crippen molar-refractivity contribution in [3.05, 3.63) is 26.1 Å². The Morgan fingerprint density at radius 3 is 2.71 bits per heavy atom. The molecule has 0 atom stereocenters. The zero-order chi connectivity index (χ0) is 12.6. The van der Waals surface area contributed by atoms with E-state index in [9.17, 15) is 4.79 Å². The summed E-state index contributed by atoms with van der Waals surface area (Å²) in [5.41, 5.74) is 0.619. The van der Waals surface area contributed by atoms with Gasteiger partial charge in [0.25, 0.3) is 5.91 Å². The molecule has 0 saturated carbocycles. The van der Waals surface area contributed by atoms with Crippen LogP contribution in [-0.2, 0) is 7.05 Å². The molecule has 90 valence electrons. The van der Waals surface area contributed by atoms with Crippen molar-refractivity contribution in [1.82, 2.24) is 14.8 Å². The van der Waals surface area contributed by atoms with Crippen molar-refractivity contribution in [1.29, 1.82) is 0 Å². The molecular formula is C10H11BrN4OS. The summed E-state index contributed by atoms with van der Waals surface area (Å²) in [6, 6.07) is 1.84. The molecule has 0 unspecified atom stereocenters. The first-order chi connectivity index (χ1) is 7.97. The smallest absolute Gasteiger partial charge is 0.260 e. The first-order valence-corrected chi connectivity index (χ1v) is 6.53. The monoisotopic (exact) mass is 314 g/mol. The van der Waals surface area contributed by atoms with Crippen LogP contribution in [0.3, 0.4) is 0 Å². The number of hydrogen-bond acceptors (Lipinski definition) is 4. The molecule has 17 heavy (non-hydrogen) atoms. The lowest BCUT2D eigenvalue weighted by molar-refractivity contribution is 0.102. The van der Waals surface area contributed by atoms with E-state index in [-0.39, 0.29) is 5.91 Å². The molecule has 7 heteroatoms. The summed E-state index contributed by atoms with van der Waals surface area (Å²) >= 11 is 4.90. The van der Waals surface area contributed by atoms with Crippen LogP contribution in [0.15, 0.2) is 9.85 Å². The van der Waals surface area contributed by atoms with E-state index in [1.807, 2.05) is 13.0 Å². The van der Waals surface area contributed by atoms with Crippen LogP contribution in [0.5, 0.6) is 0 Å². The Labute approximate surface area is 111 Å². The van der Waals surface area contributed by atoms with Crippen molar-refractivity contribution in [2.45, 2.75) is 13.8 Å². The van der Waals surface area contributed by atoms with Gasteiger partial charge in [0.15, 0.2) is 0 Å². The maximum Gasteiger partial charge on any atom is 0.260 e. The molecular weight excluding hydrogens is 304 g/mol. The molecule has 1 N–H and O–H groups in total. The second kappa shape index (κ2) is 4.58. The first kappa shape index (κ1) is 12.3. The van der Waals surface area contributed by atoms with E-state index in [2.05, 4.69) is 31.3 Å². The van der Waals surface area contributed by atoms with Gasteiger partial charge in [0, 0.05) is 11.9 Å². The normalized spacial score (nSPS) is 10.6. The van der Waals surface area contributed by atoms with Crippen LogP contribution in [0.25, 0.3) is 0 Å².